The Labute approximate surface area is 158 Å². The van der Waals surface area contributed by atoms with Gasteiger partial charge in [-0.2, -0.15) is 0 Å². The predicted octanol–water partition coefficient (Wildman–Crippen LogP) is 2.29. The van der Waals surface area contributed by atoms with Crippen molar-refractivity contribution in [2.75, 3.05) is 26.8 Å². The molecule has 0 aliphatic heterocycles. The highest BCUT2D eigenvalue weighted by atomic mass is 16.6. The Morgan fingerprint density at radius 2 is 1.54 bits per heavy atom. The number of hydrogen-bond donors (Lipinski definition) is 2. The number of benzene rings is 2. The lowest BCUT2D eigenvalue weighted by Gasteiger charge is -2.14. The SMILES string of the molecule is COc1cc(C(=O)NNc2ccc([N+](=O)[O-])cc2[N+](=O)[O-])cc(OC)c1OC. The fourth-order valence-corrected chi connectivity index (χ4v) is 2.30. The molecule has 1 amide bonds. The Kier molecular flexibility index (Phi) is 6.16. The molecule has 148 valence electrons. The molecule has 2 aromatic rings. The van der Waals surface area contributed by atoms with Crippen LogP contribution in [-0.2, 0) is 0 Å². The van der Waals surface area contributed by atoms with Crippen LogP contribution in [0.5, 0.6) is 17.2 Å². The van der Waals surface area contributed by atoms with Gasteiger partial charge >= 0.3 is 5.69 Å². The maximum absolute atomic E-state index is 12.4. The van der Waals surface area contributed by atoms with Gasteiger partial charge < -0.3 is 14.2 Å². The van der Waals surface area contributed by atoms with E-state index in [1.54, 1.807) is 0 Å². The van der Waals surface area contributed by atoms with Crippen LogP contribution in [0.4, 0.5) is 17.1 Å². The van der Waals surface area contributed by atoms with Crippen molar-refractivity contribution >= 4 is 23.0 Å². The first kappa shape index (κ1) is 20.2. The summed E-state index contributed by atoms with van der Waals surface area (Å²) in [5, 5.41) is 21.9. The molecule has 0 saturated heterocycles. The molecule has 2 aromatic carbocycles. The fraction of sp³-hybridized carbons (Fsp3) is 0.188. The van der Waals surface area contributed by atoms with Crippen molar-refractivity contribution in [1.29, 1.82) is 0 Å². The van der Waals surface area contributed by atoms with Crippen molar-refractivity contribution in [2.45, 2.75) is 0 Å². The molecule has 0 atom stereocenters. The number of methoxy groups -OCH3 is 3. The number of anilines is 1. The van der Waals surface area contributed by atoms with Crippen molar-refractivity contribution < 1.29 is 28.9 Å². The number of rotatable bonds is 8. The molecule has 28 heavy (non-hydrogen) atoms. The van der Waals surface area contributed by atoms with Gasteiger partial charge in [0.2, 0.25) is 5.75 Å². The quantitative estimate of drug-likeness (QED) is 0.508. The Balaban J connectivity index is 2.27. The summed E-state index contributed by atoms with van der Waals surface area (Å²) in [6.07, 6.45) is 0. The molecule has 0 aliphatic carbocycles. The van der Waals surface area contributed by atoms with E-state index in [1.165, 1.54) is 33.5 Å². The van der Waals surface area contributed by atoms with E-state index in [1.807, 2.05) is 0 Å². The molecule has 0 bridgehead atoms. The van der Waals surface area contributed by atoms with E-state index in [9.17, 15) is 25.0 Å². The topological polar surface area (TPSA) is 155 Å². The van der Waals surface area contributed by atoms with Gasteiger partial charge in [0.05, 0.1) is 37.2 Å². The van der Waals surface area contributed by atoms with Crippen molar-refractivity contribution in [3.63, 3.8) is 0 Å². The zero-order valence-electron chi connectivity index (χ0n) is 15.0. The Bertz CT molecular complexity index is 906. The first-order chi connectivity index (χ1) is 13.3. The van der Waals surface area contributed by atoms with E-state index in [0.717, 1.165) is 18.2 Å². The molecule has 0 radical (unpaired) electrons. The first-order valence-corrected chi connectivity index (χ1v) is 7.61. The zero-order valence-corrected chi connectivity index (χ0v) is 15.0. The molecular weight excluding hydrogens is 376 g/mol. The highest BCUT2D eigenvalue weighted by molar-refractivity contribution is 5.96. The summed E-state index contributed by atoms with van der Waals surface area (Å²) in [5.74, 6) is 0.119. The minimum Gasteiger partial charge on any atom is -0.493 e. The number of hydrazine groups is 1. The second-order valence-corrected chi connectivity index (χ2v) is 5.21. The number of carbonyl (C=O) groups excluding carboxylic acids is 1. The Morgan fingerprint density at radius 3 is 2.00 bits per heavy atom. The number of nitro groups is 2. The maximum Gasteiger partial charge on any atom is 0.300 e. The number of carbonyl (C=O) groups is 1. The highest BCUT2D eigenvalue weighted by Gasteiger charge is 2.21. The lowest BCUT2D eigenvalue weighted by Crippen LogP contribution is -2.29. The van der Waals surface area contributed by atoms with Crippen LogP contribution in [-0.4, -0.2) is 37.1 Å². The molecule has 0 aliphatic rings. The van der Waals surface area contributed by atoms with Gasteiger partial charge in [0.15, 0.2) is 11.5 Å². The van der Waals surface area contributed by atoms with E-state index in [4.69, 9.17) is 14.2 Å². The van der Waals surface area contributed by atoms with Crippen LogP contribution in [0.3, 0.4) is 0 Å². The number of nitrogens with one attached hydrogen (secondary N) is 2. The van der Waals surface area contributed by atoms with E-state index in [0.29, 0.717) is 5.75 Å². The minimum absolute atomic E-state index is 0.117. The van der Waals surface area contributed by atoms with Crippen molar-refractivity contribution in [3.05, 3.63) is 56.1 Å². The summed E-state index contributed by atoms with van der Waals surface area (Å²) in [5.41, 5.74) is 3.64. The van der Waals surface area contributed by atoms with Crippen molar-refractivity contribution in [2.24, 2.45) is 0 Å². The summed E-state index contributed by atoms with van der Waals surface area (Å²) < 4.78 is 15.5. The molecule has 0 aromatic heterocycles. The Hall–Kier alpha value is -4.09. The number of nitro benzene ring substituents is 2. The number of non-ortho nitro benzene ring substituents is 1. The molecule has 2 rings (SSSR count). The summed E-state index contributed by atoms with van der Waals surface area (Å²) >= 11 is 0. The summed E-state index contributed by atoms with van der Waals surface area (Å²) in [4.78, 5) is 32.7. The van der Waals surface area contributed by atoms with Gasteiger partial charge in [-0.1, -0.05) is 0 Å². The number of nitrogens with zero attached hydrogens (tertiary/aromatic N) is 2. The standard InChI is InChI=1S/C16H16N4O8/c1-26-13-6-9(7-14(27-2)15(13)28-3)16(21)18-17-11-5-4-10(19(22)23)8-12(11)20(24)25/h4-8,17H,1-3H3,(H,18,21). The van der Waals surface area contributed by atoms with E-state index in [2.05, 4.69) is 10.9 Å². The normalized spacial score (nSPS) is 9.96. The molecule has 0 spiro atoms. The van der Waals surface area contributed by atoms with Gasteiger partial charge in [-0.25, -0.2) is 0 Å². The van der Waals surface area contributed by atoms with Gasteiger partial charge in [0.25, 0.3) is 11.6 Å². The van der Waals surface area contributed by atoms with Crippen molar-refractivity contribution in [3.8, 4) is 17.2 Å². The minimum atomic E-state index is -0.805. The average Bonchev–Trinajstić information content (AvgIpc) is 2.70. The zero-order chi connectivity index (χ0) is 20.8. The molecule has 0 unspecified atom stereocenters. The molecule has 12 heteroatoms. The van der Waals surface area contributed by atoms with E-state index >= 15 is 0 Å². The molecule has 0 heterocycles. The third-order valence-electron chi connectivity index (χ3n) is 3.63. The van der Waals surface area contributed by atoms with Crippen LogP contribution in [0.25, 0.3) is 0 Å². The largest absolute Gasteiger partial charge is 0.493 e. The third-order valence-corrected chi connectivity index (χ3v) is 3.63. The van der Waals surface area contributed by atoms with Crippen LogP contribution in [0.2, 0.25) is 0 Å². The fourth-order valence-electron chi connectivity index (χ4n) is 2.30. The number of amides is 1. The molecule has 0 fully saturated rings. The third kappa shape index (κ3) is 4.17. The smallest absolute Gasteiger partial charge is 0.300 e. The number of hydrogen-bond acceptors (Lipinski definition) is 9. The lowest BCUT2D eigenvalue weighted by atomic mass is 10.1. The van der Waals surface area contributed by atoms with Crippen LogP contribution in [0, 0.1) is 20.2 Å². The molecule has 12 nitrogen and oxygen atoms in total. The van der Waals surface area contributed by atoms with Crippen LogP contribution in [0.15, 0.2) is 30.3 Å². The van der Waals surface area contributed by atoms with Crippen LogP contribution in [0.1, 0.15) is 10.4 Å². The Morgan fingerprint density at radius 1 is 0.929 bits per heavy atom. The molecular formula is C16H16N4O8. The lowest BCUT2D eigenvalue weighted by molar-refractivity contribution is -0.393. The van der Waals surface area contributed by atoms with Crippen molar-refractivity contribution in [1.82, 2.24) is 5.43 Å². The molecule has 2 N–H and O–H groups in total. The summed E-state index contributed by atoms with van der Waals surface area (Å²) in [7, 11) is 4.18. The van der Waals surface area contributed by atoms with Crippen LogP contribution < -0.4 is 25.1 Å². The second kappa shape index (κ2) is 8.53. The summed E-state index contributed by atoms with van der Waals surface area (Å²) in [6.45, 7) is 0. The molecule has 0 saturated carbocycles. The monoisotopic (exact) mass is 392 g/mol. The number of ether oxygens (including phenoxy) is 3. The van der Waals surface area contributed by atoms with Gasteiger partial charge in [-0.05, 0) is 18.2 Å². The van der Waals surface area contributed by atoms with Gasteiger partial charge in [0, 0.05) is 11.6 Å². The van der Waals surface area contributed by atoms with E-state index in [-0.39, 0.29) is 22.7 Å². The summed E-state index contributed by atoms with van der Waals surface area (Å²) in [6, 6.07) is 5.76. The average molecular weight is 392 g/mol. The maximum atomic E-state index is 12.4. The van der Waals surface area contributed by atoms with Gasteiger partial charge in [0.1, 0.15) is 5.69 Å². The predicted molar refractivity (Wildman–Crippen MR) is 96.9 cm³/mol. The highest BCUT2D eigenvalue weighted by Crippen LogP contribution is 2.38. The van der Waals surface area contributed by atoms with Gasteiger partial charge in [-0.3, -0.25) is 35.9 Å². The first-order valence-electron chi connectivity index (χ1n) is 7.61. The van der Waals surface area contributed by atoms with E-state index < -0.39 is 27.1 Å². The second-order valence-electron chi connectivity index (χ2n) is 5.21. The van der Waals surface area contributed by atoms with Gasteiger partial charge in [-0.15, -0.1) is 0 Å². The van der Waals surface area contributed by atoms with Crippen LogP contribution >= 0.6 is 0 Å².